The minimum absolute atomic E-state index is 0.260. The third-order valence-corrected chi connectivity index (χ3v) is 3.16. The van der Waals surface area contributed by atoms with Gasteiger partial charge >= 0.3 is 0 Å². The van der Waals surface area contributed by atoms with Crippen LogP contribution in [0.3, 0.4) is 0 Å². The highest BCUT2D eigenvalue weighted by molar-refractivity contribution is 5.52. The Labute approximate surface area is 95.4 Å². The van der Waals surface area contributed by atoms with Gasteiger partial charge in [0.2, 0.25) is 0 Å². The average molecular weight is 222 g/mol. The van der Waals surface area contributed by atoms with Crippen LogP contribution >= 0.6 is 0 Å². The number of ether oxygens (including phenoxy) is 1. The SMILES string of the molecule is COc1ccc(C(O)C2CCNC2)c(N)c1. The largest absolute Gasteiger partial charge is 0.497 e. The van der Waals surface area contributed by atoms with Crippen molar-refractivity contribution in [3.63, 3.8) is 0 Å². The number of aliphatic hydroxyl groups is 1. The summed E-state index contributed by atoms with van der Waals surface area (Å²) in [7, 11) is 1.60. The van der Waals surface area contributed by atoms with E-state index in [4.69, 9.17) is 10.5 Å². The van der Waals surface area contributed by atoms with Gasteiger partial charge in [-0.15, -0.1) is 0 Å². The molecule has 0 aliphatic carbocycles. The van der Waals surface area contributed by atoms with Crippen LogP contribution in [0.25, 0.3) is 0 Å². The molecule has 1 fully saturated rings. The topological polar surface area (TPSA) is 67.5 Å². The molecule has 1 heterocycles. The Morgan fingerprint density at radius 3 is 2.94 bits per heavy atom. The Morgan fingerprint density at radius 1 is 1.56 bits per heavy atom. The first-order valence-electron chi connectivity index (χ1n) is 5.54. The van der Waals surface area contributed by atoms with Crippen LogP contribution in [0.1, 0.15) is 18.1 Å². The second-order valence-corrected chi connectivity index (χ2v) is 4.19. The zero-order valence-electron chi connectivity index (χ0n) is 9.44. The number of benzene rings is 1. The lowest BCUT2D eigenvalue weighted by Gasteiger charge is -2.19. The Kier molecular flexibility index (Phi) is 3.31. The summed E-state index contributed by atoms with van der Waals surface area (Å²) in [6.07, 6.45) is 0.507. The number of aliphatic hydroxyl groups excluding tert-OH is 1. The third-order valence-electron chi connectivity index (χ3n) is 3.16. The van der Waals surface area contributed by atoms with Gasteiger partial charge in [0.05, 0.1) is 13.2 Å². The lowest BCUT2D eigenvalue weighted by Crippen LogP contribution is -2.17. The van der Waals surface area contributed by atoms with Crippen LogP contribution in [0, 0.1) is 5.92 Å². The van der Waals surface area contributed by atoms with Crippen LogP contribution < -0.4 is 15.8 Å². The minimum Gasteiger partial charge on any atom is -0.497 e. The van der Waals surface area contributed by atoms with Crippen molar-refractivity contribution in [3.8, 4) is 5.75 Å². The van der Waals surface area contributed by atoms with Crippen LogP contribution in [0.2, 0.25) is 0 Å². The van der Waals surface area contributed by atoms with E-state index >= 15 is 0 Å². The van der Waals surface area contributed by atoms with Crippen molar-refractivity contribution < 1.29 is 9.84 Å². The molecule has 2 atom stereocenters. The molecule has 0 aromatic heterocycles. The molecule has 1 aliphatic rings. The number of nitrogens with two attached hydrogens (primary N) is 1. The Bertz CT molecular complexity index is 362. The molecule has 0 spiro atoms. The van der Waals surface area contributed by atoms with Crippen LogP contribution in [0.4, 0.5) is 5.69 Å². The summed E-state index contributed by atoms with van der Waals surface area (Å²) in [5.41, 5.74) is 7.30. The molecule has 88 valence electrons. The quantitative estimate of drug-likeness (QED) is 0.665. The van der Waals surface area contributed by atoms with Crippen LogP contribution in [-0.2, 0) is 0 Å². The van der Waals surface area contributed by atoms with Crippen molar-refractivity contribution in [1.29, 1.82) is 0 Å². The number of nitrogens with one attached hydrogen (secondary N) is 1. The summed E-state index contributed by atoms with van der Waals surface area (Å²) in [4.78, 5) is 0. The van der Waals surface area contributed by atoms with E-state index in [0.717, 1.165) is 30.8 Å². The highest BCUT2D eigenvalue weighted by Gasteiger charge is 2.25. The zero-order valence-corrected chi connectivity index (χ0v) is 9.44. The fraction of sp³-hybridized carbons (Fsp3) is 0.500. The molecule has 4 N–H and O–H groups in total. The highest BCUT2D eigenvalue weighted by atomic mass is 16.5. The first kappa shape index (κ1) is 11.2. The molecule has 16 heavy (non-hydrogen) atoms. The van der Waals surface area contributed by atoms with Gasteiger partial charge in [0, 0.05) is 29.8 Å². The van der Waals surface area contributed by atoms with Crippen molar-refractivity contribution in [1.82, 2.24) is 5.32 Å². The predicted octanol–water partition coefficient (Wildman–Crippen LogP) is 0.920. The van der Waals surface area contributed by atoms with Gasteiger partial charge in [0.15, 0.2) is 0 Å². The van der Waals surface area contributed by atoms with E-state index in [1.165, 1.54) is 0 Å². The molecular formula is C12H18N2O2. The fourth-order valence-corrected chi connectivity index (χ4v) is 2.15. The first-order chi connectivity index (χ1) is 7.72. The van der Waals surface area contributed by atoms with E-state index in [2.05, 4.69) is 5.32 Å². The Balaban J connectivity index is 2.19. The zero-order chi connectivity index (χ0) is 11.5. The number of rotatable bonds is 3. The molecule has 0 radical (unpaired) electrons. The van der Waals surface area contributed by atoms with Gasteiger partial charge in [-0.3, -0.25) is 0 Å². The van der Waals surface area contributed by atoms with Gasteiger partial charge in [-0.1, -0.05) is 6.07 Å². The Morgan fingerprint density at radius 2 is 2.38 bits per heavy atom. The minimum atomic E-state index is -0.485. The van der Waals surface area contributed by atoms with Crippen molar-refractivity contribution in [2.75, 3.05) is 25.9 Å². The van der Waals surface area contributed by atoms with Crippen molar-refractivity contribution in [3.05, 3.63) is 23.8 Å². The van der Waals surface area contributed by atoms with Crippen LogP contribution in [-0.4, -0.2) is 25.3 Å². The summed E-state index contributed by atoms with van der Waals surface area (Å²) < 4.78 is 5.08. The molecule has 4 nitrogen and oxygen atoms in total. The number of methoxy groups -OCH3 is 1. The molecule has 1 saturated heterocycles. The van der Waals surface area contributed by atoms with Gasteiger partial charge < -0.3 is 20.9 Å². The molecule has 1 aromatic rings. The smallest absolute Gasteiger partial charge is 0.120 e. The maximum Gasteiger partial charge on any atom is 0.120 e. The molecule has 2 rings (SSSR count). The normalized spacial score (nSPS) is 22.0. The van der Waals surface area contributed by atoms with Crippen molar-refractivity contribution >= 4 is 5.69 Å². The van der Waals surface area contributed by atoms with E-state index in [1.807, 2.05) is 12.1 Å². The second kappa shape index (κ2) is 4.72. The Hall–Kier alpha value is -1.26. The van der Waals surface area contributed by atoms with E-state index in [1.54, 1.807) is 13.2 Å². The molecule has 4 heteroatoms. The number of hydrogen-bond acceptors (Lipinski definition) is 4. The van der Waals surface area contributed by atoms with Crippen LogP contribution in [0.5, 0.6) is 5.75 Å². The van der Waals surface area contributed by atoms with E-state index in [0.29, 0.717) is 5.69 Å². The lowest BCUT2D eigenvalue weighted by atomic mass is 9.94. The van der Waals surface area contributed by atoms with E-state index in [9.17, 15) is 5.11 Å². The van der Waals surface area contributed by atoms with E-state index in [-0.39, 0.29) is 5.92 Å². The molecule has 2 unspecified atom stereocenters. The summed E-state index contributed by atoms with van der Waals surface area (Å²) in [6.45, 7) is 1.82. The standard InChI is InChI=1S/C12H18N2O2/c1-16-9-2-3-10(11(13)6-9)12(15)8-4-5-14-7-8/h2-3,6,8,12,14-15H,4-5,7,13H2,1H3. The summed E-state index contributed by atoms with van der Waals surface area (Å²) in [5.74, 6) is 0.980. The van der Waals surface area contributed by atoms with Crippen LogP contribution in [0.15, 0.2) is 18.2 Å². The summed E-state index contributed by atoms with van der Waals surface area (Å²) in [5, 5.41) is 13.4. The second-order valence-electron chi connectivity index (χ2n) is 4.19. The number of nitrogen functional groups attached to an aromatic ring is 1. The molecule has 0 bridgehead atoms. The van der Waals surface area contributed by atoms with Gasteiger partial charge in [0.1, 0.15) is 5.75 Å². The third kappa shape index (κ3) is 2.13. The maximum atomic E-state index is 10.2. The van der Waals surface area contributed by atoms with Gasteiger partial charge in [-0.25, -0.2) is 0 Å². The summed E-state index contributed by atoms with van der Waals surface area (Å²) in [6, 6.07) is 5.43. The molecule has 1 aliphatic heterocycles. The molecular weight excluding hydrogens is 204 g/mol. The van der Waals surface area contributed by atoms with Gasteiger partial charge in [-0.2, -0.15) is 0 Å². The molecule has 0 amide bonds. The lowest BCUT2D eigenvalue weighted by molar-refractivity contribution is 0.119. The summed E-state index contributed by atoms with van der Waals surface area (Å²) >= 11 is 0. The first-order valence-corrected chi connectivity index (χ1v) is 5.54. The van der Waals surface area contributed by atoms with Gasteiger partial charge in [0.25, 0.3) is 0 Å². The molecule has 0 saturated carbocycles. The van der Waals surface area contributed by atoms with Crippen molar-refractivity contribution in [2.24, 2.45) is 5.92 Å². The molecule has 1 aromatic carbocycles. The monoisotopic (exact) mass is 222 g/mol. The predicted molar refractivity (Wildman–Crippen MR) is 63.3 cm³/mol. The van der Waals surface area contributed by atoms with Gasteiger partial charge in [-0.05, 0) is 19.0 Å². The number of anilines is 1. The average Bonchev–Trinajstić information content (AvgIpc) is 2.81. The number of hydrogen-bond donors (Lipinski definition) is 3. The fourth-order valence-electron chi connectivity index (χ4n) is 2.15. The van der Waals surface area contributed by atoms with E-state index < -0.39 is 6.10 Å². The van der Waals surface area contributed by atoms with Crippen molar-refractivity contribution in [2.45, 2.75) is 12.5 Å². The maximum absolute atomic E-state index is 10.2. The highest BCUT2D eigenvalue weighted by Crippen LogP contribution is 2.32.